The third-order valence-electron chi connectivity index (χ3n) is 4.85. The molecule has 0 fully saturated rings. The number of benzene rings is 3. The van der Waals surface area contributed by atoms with Crippen molar-refractivity contribution in [1.82, 2.24) is 10.7 Å². The van der Waals surface area contributed by atoms with Crippen molar-refractivity contribution in [2.24, 2.45) is 5.10 Å². The first kappa shape index (κ1) is 25.5. The predicted octanol–water partition coefficient (Wildman–Crippen LogP) is 3.47. The molecule has 3 rings (SSSR count). The average molecular weight is 493 g/mol. The average Bonchev–Trinajstić information content (AvgIpc) is 2.86. The monoisotopic (exact) mass is 492 g/mol. The summed E-state index contributed by atoms with van der Waals surface area (Å²) in [5.74, 6) is -1.65. The smallest absolute Gasteiger partial charge is 0.329 e. The van der Waals surface area contributed by atoms with Crippen molar-refractivity contribution in [2.75, 3.05) is 18.5 Å². The number of hydrogen-bond donors (Lipinski definition) is 3. The number of para-hydroxylation sites is 1. The van der Waals surface area contributed by atoms with E-state index in [9.17, 15) is 14.4 Å². The zero-order valence-electron chi connectivity index (χ0n) is 19.1. The van der Waals surface area contributed by atoms with Crippen LogP contribution in [-0.4, -0.2) is 37.1 Å². The summed E-state index contributed by atoms with van der Waals surface area (Å²) in [5, 5.41) is 9.64. The topological polar surface area (TPSA) is 109 Å². The van der Waals surface area contributed by atoms with Gasteiger partial charge in [0, 0.05) is 22.8 Å². The standard InChI is InChI=1S/C26H25ClN4O4/c1-18-11-12-21(15-22(18)27)30-24(32)17-35-23-10-6-5-9-20(23)16-29-31-26(34)25(33)28-14-13-19-7-3-2-4-8-19/h2-12,15-16H,13-14,17H2,1H3,(H,28,33)(H,30,32)(H,31,34)/b29-16-. The molecule has 0 saturated heterocycles. The van der Waals surface area contributed by atoms with Crippen LogP contribution < -0.4 is 20.8 Å². The second-order valence-electron chi connectivity index (χ2n) is 7.53. The molecule has 0 aromatic heterocycles. The number of aryl methyl sites for hydroxylation is 1. The highest BCUT2D eigenvalue weighted by Crippen LogP contribution is 2.20. The van der Waals surface area contributed by atoms with E-state index in [-0.39, 0.29) is 12.5 Å². The van der Waals surface area contributed by atoms with E-state index >= 15 is 0 Å². The molecule has 0 radical (unpaired) electrons. The zero-order valence-corrected chi connectivity index (χ0v) is 19.8. The van der Waals surface area contributed by atoms with E-state index in [0.29, 0.717) is 35.0 Å². The number of nitrogens with zero attached hydrogens (tertiary/aromatic N) is 1. The van der Waals surface area contributed by atoms with Gasteiger partial charge < -0.3 is 15.4 Å². The molecular weight excluding hydrogens is 468 g/mol. The van der Waals surface area contributed by atoms with E-state index in [1.165, 1.54) is 6.21 Å². The lowest BCUT2D eigenvalue weighted by Gasteiger charge is -2.10. The second kappa shape index (κ2) is 12.9. The third kappa shape index (κ3) is 8.28. The molecule has 180 valence electrons. The molecule has 3 N–H and O–H groups in total. The van der Waals surface area contributed by atoms with E-state index in [1.54, 1.807) is 36.4 Å². The van der Waals surface area contributed by atoms with Gasteiger partial charge >= 0.3 is 11.8 Å². The molecule has 9 heteroatoms. The number of halogens is 1. The summed E-state index contributed by atoms with van der Waals surface area (Å²) in [7, 11) is 0. The molecule has 3 aromatic carbocycles. The Bertz CT molecular complexity index is 1210. The van der Waals surface area contributed by atoms with E-state index in [0.717, 1.165) is 11.1 Å². The molecule has 35 heavy (non-hydrogen) atoms. The summed E-state index contributed by atoms with van der Waals surface area (Å²) in [6.07, 6.45) is 1.94. The molecule has 0 aliphatic rings. The molecule has 8 nitrogen and oxygen atoms in total. The van der Waals surface area contributed by atoms with Crippen molar-refractivity contribution in [1.29, 1.82) is 0 Å². The quantitative estimate of drug-likeness (QED) is 0.241. The SMILES string of the molecule is Cc1ccc(NC(=O)COc2ccccc2/C=N\NC(=O)C(=O)NCCc2ccccc2)cc1Cl. The van der Waals surface area contributed by atoms with Gasteiger partial charge in [-0.15, -0.1) is 0 Å². The highest BCUT2D eigenvalue weighted by atomic mass is 35.5. The molecule has 3 amide bonds. The molecule has 0 heterocycles. The fourth-order valence-electron chi connectivity index (χ4n) is 2.99. The lowest BCUT2D eigenvalue weighted by molar-refractivity contribution is -0.139. The Morgan fingerprint density at radius 3 is 2.49 bits per heavy atom. The van der Waals surface area contributed by atoms with Crippen LogP contribution >= 0.6 is 11.6 Å². The van der Waals surface area contributed by atoms with Gasteiger partial charge in [0.05, 0.1) is 6.21 Å². The van der Waals surface area contributed by atoms with Crippen LogP contribution in [0.2, 0.25) is 5.02 Å². The van der Waals surface area contributed by atoms with Crippen LogP contribution in [0.1, 0.15) is 16.7 Å². The Morgan fingerprint density at radius 1 is 0.971 bits per heavy atom. The molecule has 0 aliphatic heterocycles. The molecular formula is C26H25ClN4O4. The minimum Gasteiger partial charge on any atom is -0.483 e. The van der Waals surface area contributed by atoms with Gasteiger partial charge in [0.1, 0.15) is 5.75 Å². The van der Waals surface area contributed by atoms with Gasteiger partial charge in [-0.05, 0) is 48.7 Å². The minimum absolute atomic E-state index is 0.244. The number of hydrogen-bond acceptors (Lipinski definition) is 5. The van der Waals surface area contributed by atoms with Crippen molar-refractivity contribution in [3.63, 3.8) is 0 Å². The van der Waals surface area contributed by atoms with Gasteiger partial charge in [-0.25, -0.2) is 5.43 Å². The van der Waals surface area contributed by atoms with Crippen LogP contribution in [0.25, 0.3) is 0 Å². The van der Waals surface area contributed by atoms with E-state index in [1.807, 2.05) is 43.3 Å². The molecule has 0 saturated carbocycles. The molecule has 0 spiro atoms. The second-order valence-corrected chi connectivity index (χ2v) is 7.94. The Balaban J connectivity index is 1.46. The Morgan fingerprint density at radius 2 is 1.71 bits per heavy atom. The third-order valence-corrected chi connectivity index (χ3v) is 5.26. The van der Waals surface area contributed by atoms with Crippen molar-refractivity contribution < 1.29 is 19.1 Å². The summed E-state index contributed by atoms with van der Waals surface area (Å²) in [4.78, 5) is 36.1. The van der Waals surface area contributed by atoms with E-state index in [4.69, 9.17) is 16.3 Å². The summed E-state index contributed by atoms with van der Waals surface area (Å²) >= 11 is 6.08. The van der Waals surface area contributed by atoms with Gasteiger partial charge in [-0.2, -0.15) is 5.10 Å². The highest BCUT2D eigenvalue weighted by Gasteiger charge is 2.12. The molecule has 0 unspecified atom stereocenters. The Kier molecular flexibility index (Phi) is 9.39. The lowest BCUT2D eigenvalue weighted by Crippen LogP contribution is -2.38. The number of carbonyl (C=O) groups is 3. The van der Waals surface area contributed by atoms with Gasteiger partial charge in [-0.3, -0.25) is 14.4 Å². The first-order valence-corrected chi connectivity index (χ1v) is 11.2. The number of carbonyl (C=O) groups excluding carboxylic acids is 3. The van der Waals surface area contributed by atoms with Crippen LogP contribution in [-0.2, 0) is 20.8 Å². The van der Waals surface area contributed by atoms with E-state index < -0.39 is 11.8 Å². The molecule has 0 aliphatic carbocycles. The fourth-order valence-corrected chi connectivity index (χ4v) is 3.17. The van der Waals surface area contributed by atoms with Crippen LogP contribution in [0.15, 0.2) is 77.9 Å². The fraction of sp³-hybridized carbons (Fsp3) is 0.154. The van der Waals surface area contributed by atoms with Gasteiger partial charge in [0.25, 0.3) is 5.91 Å². The Hall–Kier alpha value is -4.17. The van der Waals surface area contributed by atoms with E-state index in [2.05, 4.69) is 21.2 Å². The van der Waals surface area contributed by atoms with Gasteiger partial charge in [-0.1, -0.05) is 60.1 Å². The number of amides is 3. The number of anilines is 1. The summed E-state index contributed by atoms with van der Waals surface area (Å²) in [5.41, 5.74) is 5.23. The van der Waals surface area contributed by atoms with Crippen molar-refractivity contribution in [3.05, 3.63) is 94.5 Å². The number of hydrazone groups is 1. The van der Waals surface area contributed by atoms with Crippen LogP contribution in [0.3, 0.4) is 0 Å². The van der Waals surface area contributed by atoms with Crippen LogP contribution in [0.4, 0.5) is 5.69 Å². The van der Waals surface area contributed by atoms with Crippen LogP contribution in [0, 0.1) is 6.92 Å². The summed E-state index contributed by atoms with van der Waals surface area (Å²) in [6.45, 7) is 1.95. The summed E-state index contributed by atoms with van der Waals surface area (Å²) < 4.78 is 5.60. The number of ether oxygens (including phenoxy) is 1. The zero-order chi connectivity index (χ0) is 25.0. The predicted molar refractivity (Wildman–Crippen MR) is 136 cm³/mol. The number of nitrogens with one attached hydrogen (secondary N) is 3. The summed E-state index contributed by atoms with van der Waals surface area (Å²) in [6, 6.07) is 21.7. The first-order valence-electron chi connectivity index (χ1n) is 10.9. The van der Waals surface area contributed by atoms with Crippen molar-refractivity contribution in [2.45, 2.75) is 13.3 Å². The number of rotatable bonds is 9. The van der Waals surface area contributed by atoms with Crippen molar-refractivity contribution in [3.8, 4) is 5.75 Å². The minimum atomic E-state index is -0.885. The largest absolute Gasteiger partial charge is 0.483 e. The van der Waals surface area contributed by atoms with Crippen LogP contribution in [0.5, 0.6) is 5.75 Å². The highest BCUT2D eigenvalue weighted by molar-refractivity contribution is 6.35. The van der Waals surface area contributed by atoms with Crippen molar-refractivity contribution >= 4 is 41.2 Å². The Labute approximate surface area is 208 Å². The van der Waals surface area contributed by atoms with Gasteiger partial charge in [0.2, 0.25) is 0 Å². The molecule has 0 atom stereocenters. The maximum Gasteiger partial charge on any atom is 0.329 e. The maximum absolute atomic E-state index is 12.2. The molecule has 3 aromatic rings. The lowest BCUT2D eigenvalue weighted by atomic mass is 10.1. The molecule has 0 bridgehead atoms. The van der Waals surface area contributed by atoms with Gasteiger partial charge in [0.15, 0.2) is 6.61 Å². The first-order chi connectivity index (χ1) is 16.9. The maximum atomic E-state index is 12.2. The normalized spacial score (nSPS) is 10.6.